The molecule has 2 aromatic rings. The summed E-state index contributed by atoms with van der Waals surface area (Å²) >= 11 is 3.54. The van der Waals surface area contributed by atoms with Crippen molar-refractivity contribution in [3.63, 3.8) is 0 Å². The highest BCUT2D eigenvalue weighted by Crippen LogP contribution is 2.45. The van der Waals surface area contributed by atoms with Crippen LogP contribution in [0.15, 0.2) is 16.9 Å². The molecule has 0 amide bonds. The maximum Gasteiger partial charge on any atom is 0.251 e. The van der Waals surface area contributed by atoms with E-state index in [0.29, 0.717) is 5.92 Å². The van der Waals surface area contributed by atoms with Gasteiger partial charge in [-0.25, -0.2) is 0 Å². The summed E-state index contributed by atoms with van der Waals surface area (Å²) < 4.78 is 6.15. The molecule has 0 saturated carbocycles. The lowest BCUT2D eigenvalue weighted by Crippen LogP contribution is -2.19. The number of hydrogen-bond acceptors (Lipinski definition) is 2. The highest BCUT2D eigenvalue weighted by Gasteiger charge is 2.34. The summed E-state index contributed by atoms with van der Waals surface area (Å²) in [6.45, 7) is 6.07. The predicted molar refractivity (Wildman–Crippen MR) is 85.3 cm³/mol. The molecule has 1 aliphatic heterocycles. The van der Waals surface area contributed by atoms with Crippen molar-refractivity contribution in [2.24, 2.45) is 0 Å². The SMILES string of the molecule is CCC1c2cc(C)c3[nH]c(=O)c(C)cc3c2OC1CBr. The second-order valence-electron chi connectivity index (χ2n) is 5.51. The summed E-state index contributed by atoms with van der Waals surface area (Å²) in [5.74, 6) is 1.36. The molecule has 20 heavy (non-hydrogen) atoms. The first-order chi connectivity index (χ1) is 9.56. The van der Waals surface area contributed by atoms with Crippen LogP contribution in [-0.2, 0) is 0 Å². The van der Waals surface area contributed by atoms with Gasteiger partial charge in [0.15, 0.2) is 0 Å². The average Bonchev–Trinajstić information content (AvgIpc) is 2.78. The van der Waals surface area contributed by atoms with Crippen LogP contribution in [0, 0.1) is 13.8 Å². The molecule has 106 valence electrons. The largest absolute Gasteiger partial charge is 0.488 e. The van der Waals surface area contributed by atoms with Gasteiger partial charge >= 0.3 is 0 Å². The zero-order chi connectivity index (χ0) is 14.4. The van der Waals surface area contributed by atoms with Gasteiger partial charge in [0.2, 0.25) is 0 Å². The molecular weight excluding hydrogens is 318 g/mol. The highest BCUT2D eigenvalue weighted by atomic mass is 79.9. The minimum atomic E-state index is -0.0253. The van der Waals surface area contributed by atoms with Crippen LogP contribution in [0.5, 0.6) is 5.75 Å². The third-order valence-corrected chi connectivity index (χ3v) is 4.85. The van der Waals surface area contributed by atoms with Gasteiger partial charge in [-0.3, -0.25) is 4.79 Å². The number of ether oxygens (including phenoxy) is 1. The van der Waals surface area contributed by atoms with E-state index in [1.165, 1.54) is 5.56 Å². The van der Waals surface area contributed by atoms with Gasteiger partial charge in [0.1, 0.15) is 11.9 Å². The van der Waals surface area contributed by atoms with E-state index in [1.807, 2.05) is 19.9 Å². The molecule has 1 N–H and O–H groups in total. The topological polar surface area (TPSA) is 42.1 Å². The average molecular weight is 336 g/mol. The molecule has 0 radical (unpaired) electrons. The number of benzene rings is 1. The van der Waals surface area contributed by atoms with E-state index in [4.69, 9.17) is 4.74 Å². The Kier molecular flexibility index (Phi) is 3.36. The van der Waals surface area contributed by atoms with E-state index in [9.17, 15) is 4.79 Å². The maximum absolute atomic E-state index is 11.8. The van der Waals surface area contributed by atoms with E-state index >= 15 is 0 Å². The van der Waals surface area contributed by atoms with Gasteiger partial charge in [-0.2, -0.15) is 0 Å². The zero-order valence-corrected chi connectivity index (χ0v) is 13.5. The zero-order valence-electron chi connectivity index (χ0n) is 11.9. The molecule has 2 atom stereocenters. The Labute approximate surface area is 126 Å². The number of rotatable bonds is 2. The van der Waals surface area contributed by atoms with Crippen molar-refractivity contribution in [2.75, 3.05) is 5.33 Å². The van der Waals surface area contributed by atoms with Gasteiger partial charge in [-0.05, 0) is 38.0 Å². The second-order valence-corrected chi connectivity index (χ2v) is 6.15. The van der Waals surface area contributed by atoms with Gasteiger partial charge in [-0.1, -0.05) is 22.9 Å². The molecule has 0 fully saturated rings. The standard InChI is InChI=1S/C16H18BrNO2/c1-4-10-11-5-8(2)14-12(6-9(3)16(19)18-14)15(11)20-13(10)7-17/h5-6,10,13H,4,7H2,1-3H3,(H,18,19). The predicted octanol–water partition coefficient (Wildman–Crippen LogP) is 3.79. The first kappa shape index (κ1) is 13.7. The molecular formula is C16H18BrNO2. The van der Waals surface area contributed by atoms with E-state index in [-0.39, 0.29) is 11.7 Å². The van der Waals surface area contributed by atoms with Crippen molar-refractivity contribution in [1.29, 1.82) is 0 Å². The number of aryl methyl sites for hydroxylation is 2. The Morgan fingerprint density at radius 2 is 2.05 bits per heavy atom. The lowest BCUT2D eigenvalue weighted by atomic mass is 9.91. The number of aromatic amines is 1. The lowest BCUT2D eigenvalue weighted by molar-refractivity contribution is 0.232. The van der Waals surface area contributed by atoms with E-state index in [1.54, 1.807) is 0 Å². The summed E-state index contributed by atoms with van der Waals surface area (Å²) in [7, 11) is 0. The summed E-state index contributed by atoms with van der Waals surface area (Å²) in [6.07, 6.45) is 1.23. The molecule has 1 aromatic carbocycles. The Bertz CT molecular complexity index is 735. The maximum atomic E-state index is 11.8. The molecule has 3 rings (SSSR count). The highest BCUT2D eigenvalue weighted by molar-refractivity contribution is 9.09. The molecule has 0 bridgehead atoms. The van der Waals surface area contributed by atoms with Gasteiger partial charge in [0.05, 0.1) is 5.52 Å². The Morgan fingerprint density at radius 1 is 1.30 bits per heavy atom. The van der Waals surface area contributed by atoms with Crippen LogP contribution < -0.4 is 10.3 Å². The number of halogens is 1. The molecule has 2 unspecified atom stereocenters. The molecule has 1 aromatic heterocycles. The first-order valence-corrected chi connectivity index (χ1v) is 8.08. The van der Waals surface area contributed by atoms with E-state index in [2.05, 4.69) is 33.9 Å². The van der Waals surface area contributed by atoms with Crippen LogP contribution in [0.25, 0.3) is 10.9 Å². The van der Waals surface area contributed by atoms with Crippen molar-refractivity contribution in [3.05, 3.63) is 39.2 Å². The minimum Gasteiger partial charge on any atom is -0.488 e. The second kappa shape index (κ2) is 4.92. The third kappa shape index (κ3) is 1.89. The van der Waals surface area contributed by atoms with Crippen molar-refractivity contribution >= 4 is 26.8 Å². The Morgan fingerprint density at radius 3 is 2.70 bits per heavy atom. The van der Waals surface area contributed by atoms with Crippen molar-refractivity contribution in [2.45, 2.75) is 39.2 Å². The molecule has 2 heterocycles. The molecule has 0 spiro atoms. The van der Waals surface area contributed by atoms with Crippen LogP contribution in [0.1, 0.15) is 36.0 Å². The van der Waals surface area contributed by atoms with Crippen LogP contribution in [0.3, 0.4) is 0 Å². The quantitative estimate of drug-likeness (QED) is 0.848. The number of fused-ring (bicyclic) bond motifs is 3. The summed E-state index contributed by atoms with van der Waals surface area (Å²) in [4.78, 5) is 14.8. The number of H-pyrrole nitrogens is 1. The Balaban J connectivity index is 2.33. The van der Waals surface area contributed by atoms with Gasteiger partial charge in [0.25, 0.3) is 5.56 Å². The fraction of sp³-hybridized carbons (Fsp3) is 0.438. The molecule has 0 saturated heterocycles. The van der Waals surface area contributed by atoms with Crippen LogP contribution in [0.2, 0.25) is 0 Å². The van der Waals surface area contributed by atoms with Gasteiger partial charge in [0, 0.05) is 27.8 Å². The van der Waals surface area contributed by atoms with Crippen LogP contribution >= 0.6 is 15.9 Å². The fourth-order valence-electron chi connectivity index (χ4n) is 3.11. The molecule has 1 aliphatic rings. The van der Waals surface area contributed by atoms with Crippen LogP contribution in [-0.4, -0.2) is 16.4 Å². The Hall–Kier alpha value is -1.29. The third-order valence-electron chi connectivity index (χ3n) is 4.21. The van der Waals surface area contributed by atoms with Crippen molar-refractivity contribution in [1.82, 2.24) is 4.98 Å². The normalized spacial score (nSPS) is 21.0. The number of nitrogens with one attached hydrogen (secondary N) is 1. The first-order valence-electron chi connectivity index (χ1n) is 6.96. The number of pyridine rings is 1. The van der Waals surface area contributed by atoms with E-state index in [0.717, 1.165) is 39.5 Å². The number of alkyl halides is 1. The molecule has 3 nitrogen and oxygen atoms in total. The summed E-state index contributed by atoms with van der Waals surface area (Å²) in [6, 6.07) is 4.11. The molecule has 0 aliphatic carbocycles. The summed E-state index contributed by atoms with van der Waals surface area (Å²) in [5.41, 5.74) is 3.97. The number of hydrogen-bond donors (Lipinski definition) is 1. The fourth-order valence-corrected chi connectivity index (χ4v) is 3.70. The monoisotopic (exact) mass is 335 g/mol. The van der Waals surface area contributed by atoms with E-state index < -0.39 is 0 Å². The minimum absolute atomic E-state index is 0.0253. The van der Waals surface area contributed by atoms with Crippen molar-refractivity contribution < 1.29 is 4.74 Å². The van der Waals surface area contributed by atoms with Crippen molar-refractivity contribution in [3.8, 4) is 5.75 Å². The number of aromatic nitrogens is 1. The smallest absolute Gasteiger partial charge is 0.251 e. The van der Waals surface area contributed by atoms with Crippen LogP contribution in [0.4, 0.5) is 0 Å². The van der Waals surface area contributed by atoms with Gasteiger partial charge < -0.3 is 9.72 Å². The van der Waals surface area contributed by atoms with Gasteiger partial charge in [-0.15, -0.1) is 0 Å². The molecule has 4 heteroatoms. The summed E-state index contributed by atoms with van der Waals surface area (Å²) in [5, 5.41) is 1.85. The lowest BCUT2D eigenvalue weighted by Gasteiger charge is -2.14.